The van der Waals surface area contributed by atoms with Crippen molar-refractivity contribution in [1.29, 1.82) is 0 Å². The molecule has 0 fully saturated rings. The second kappa shape index (κ2) is 10.7. The van der Waals surface area contributed by atoms with Crippen LogP contribution < -0.4 is 0 Å². The third-order valence-corrected chi connectivity index (χ3v) is 11.1. The molecule has 1 aromatic heterocycles. The van der Waals surface area contributed by atoms with Gasteiger partial charge in [0, 0.05) is 16.7 Å². The molecule has 1 spiro atoms. The number of aromatic nitrogens is 2. The molecule has 2 aliphatic carbocycles. The lowest BCUT2D eigenvalue weighted by Crippen LogP contribution is -2.26. The van der Waals surface area contributed by atoms with Crippen molar-refractivity contribution in [2.75, 3.05) is 0 Å². The van der Waals surface area contributed by atoms with Crippen LogP contribution in [0.3, 0.4) is 0 Å². The Morgan fingerprint density at radius 2 is 0.824 bits per heavy atom. The minimum absolute atomic E-state index is 0.368. The zero-order valence-corrected chi connectivity index (χ0v) is 27.7. The lowest BCUT2D eigenvalue weighted by atomic mass is 9.70. The zero-order valence-electron chi connectivity index (χ0n) is 27.7. The molecule has 0 radical (unpaired) electrons. The largest absolute Gasteiger partial charge is 0.228 e. The summed E-state index contributed by atoms with van der Waals surface area (Å²) in [7, 11) is 0. The zero-order chi connectivity index (χ0) is 33.5. The summed E-state index contributed by atoms with van der Waals surface area (Å²) in [5.41, 5.74) is 15.1. The van der Waals surface area contributed by atoms with E-state index in [9.17, 15) is 0 Å². The molecule has 9 aromatic rings. The third-order valence-electron chi connectivity index (χ3n) is 11.1. The van der Waals surface area contributed by atoms with Crippen molar-refractivity contribution in [2.24, 2.45) is 0 Å². The summed E-state index contributed by atoms with van der Waals surface area (Å²) in [4.78, 5) is 10.1. The second-order valence-corrected chi connectivity index (χ2v) is 13.7. The van der Waals surface area contributed by atoms with Crippen molar-refractivity contribution in [3.8, 4) is 56.2 Å². The fourth-order valence-electron chi connectivity index (χ4n) is 8.96. The van der Waals surface area contributed by atoms with Gasteiger partial charge < -0.3 is 0 Å². The van der Waals surface area contributed by atoms with E-state index in [4.69, 9.17) is 9.97 Å². The molecule has 0 N–H and O–H groups in total. The van der Waals surface area contributed by atoms with Gasteiger partial charge in [-0.05, 0) is 72.1 Å². The Morgan fingerprint density at radius 3 is 1.49 bits per heavy atom. The summed E-state index contributed by atoms with van der Waals surface area (Å²) >= 11 is 0. The molecule has 0 bridgehead atoms. The van der Waals surface area contributed by atoms with Gasteiger partial charge in [0.1, 0.15) is 0 Å². The van der Waals surface area contributed by atoms with Gasteiger partial charge in [-0.1, -0.05) is 176 Å². The molecule has 1 heterocycles. The van der Waals surface area contributed by atoms with E-state index >= 15 is 0 Å². The smallest absolute Gasteiger partial charge is 0.160 e. The molecule has 0 saturated heterocycles. The predicted molar refractivity (Wildman–Crippen MR) is 210 cm³/mol. The van der Waals surface area contributed by atoms with Crippen molar-refractivity contribution < 1.29 is 0 Å². The first-order chi connectivity index (χ1) is 25.3. The predicted octanol–water partition coefficient (Wildman–Crippen LogP) is 12.1. The SMILES string of the molecule is c1ccc(-c2cc(-c3ccc(-c4cccc5c4-c4ccccc4C54c5cccc6ccc7cccc4c7c56)cc3)nc(-c3ccccc3)n2)cc1. The van der Waals surface area contributed by atoms with Crippen LogP contribution in [-0.2, 0) is 5.41 Å². The van der Waals surface area contributed by atoms with Crippen LogP contribution in [0.2, 0.25) is 0 Å². The van der Waals surface area contributed by atoms with Crippen LogP contribution in [0.15, 0.2) is 182 Å². The molecule has 11 rings (SSSR count). The summed E-state index contributed by atoms with van der Waals surface area (Å²) in [6, 6.07) is 65.9. The lowest BCUT2D eigenvalue weighted by Gasteiger charge is -2.31. The molecule has 51 heavy (non-hydrogen) atoms. The summed E-state index contributed by atoms with van der Waals surface area (Å²) in [5, 5.41) is 5.38. The van der Waals surface area contributed by atoms with Gasteiger partial charge in [0.15, 0.2) is 5.82 Å². The van der Waals surface area contributed by atoms with Crippen LogP contribution in [0.25, 0.3) is 77.7 Å². The summed E-state index contributed by atoms with van der Waals surface area (Å²) in [6.45, 7) is 0. The minimum Gasteiger partial charge on any atom is -0.228 e. The van der Waals surface area contributed by atoms with E-state index in [1.807, 2.05) is 24.3 Å². The summed E-state index contributed by atoms with van der Waals surface area (Å²) in [6.07, 6.45) is 0. The van der Waals surface area contributed by atoms with E-state index in [1.54, 1.807) is 0 Å². The van der Waals surface area contributed by atoms with Crippen LogP contribution >= 0.6 is 0 Å². The highest BCUT2D eigenvalue weighted by molar-refractivity contribution is 6.17. The molecule has 8 aromatic carbocycles. The molecule has 2 heteroatoms. The number of hydrogen-bond acceptors (Lipinski definition) is 2. The number of rotatable bonds is 4. The number of fused-ring (bicyclic) bond motifs is 7. The molecule has 0 aliphatic heterocycles. The fourth-order valence-corrected chi connectivity index (χ4v) is 8.96. The minimum atomic E-state index is -0.368. The average molecular weight is 647 g/mol. The number of benzene rings is 8. The molecule has 0 amide bonds. The van der Waals surface area contributed by atoms with Crippen molar-refractivity contribution in [2.45, 2.75) is 5.41 Å². The highest BCUT2D eigenvalue weighted by Gasteiger charge is 2.51. The molecule has 236 valence electrons. The monoisotopic (exact) mass is 646 g/mol. The van der Waals surface area contributed by atoms with Crippen molar-refractivity contribution >= 4 is 21.5 Å². The lowest BCUT2D eigenvalue weighted by molar-refractivity contribution is 0.797. The van der Waals surface area contributed by atoms with Crippen molar-refractivity contribution in [3.63, 3.8) is 0 Å². The Balaban J connectivity index is 1.09. The summed E-state index contributed by atoms with van der Waals surface area (Å²) < 4.78 is 0. The van der Waals surface area contributed by atoms with Gasteiger partial charge in [-0.2, -0.15) is 0 Å². The van der Waals surface area contributed by atoms with E-state index in [0.717, 1.165) is 33.9 Å². The Morgan fingerprint density at radius 1 is 0.333 bits per heavy atom. The first-order valence-electron chi connectivity index (χ1n) is 17.6. The second-order valence-electron chi connectivity index (χ2n) is 13.7. The normalized spacial score (nSPS) is 13.3. The van der Waals surface area contributed by atoms with Gasteiger partial charge in [-0.15, -0.1) is 0 Å². The van der Waals surface area contributed by atoms with Crippen molar-refractivity contribution in [3.05, 3.63) is 204 Å². The maximum absolute atomic E-state index is 5.08. The number of nitrogens with zero attached hydrogens (tertiary/aromatic N) is 2. The summed E-state index contributed by atoms with van der Waals surface area (Å²) in [5.74, 6) is 0.724. The molecular weight excluding hydrogens is 617 g/mol. The topological polar surface area (TPSA) is 25.8 Å². The van der Waals surface area contributed by atoms with E-state index in [0.29, 0.717) is 0 Å². The highest BCUT2D eigenvalue weighted by atomic mass is 14.9. The molecule has 0 saturated carbocycles. The average Bonchev–Trinajstić information content (AvgIpc) is 3.69. The van der Waals surface area contributed by atoms with Gasteiger partial charge in [-0.25, -0.2) is 9.97 Å². The Hall–Kier alpha value is -6.64. The Bertz CT molecular complexity index is 2720. The van der Waals surface area contributed by atoms with Crippen LogP contribution in [0.5, 0.6) is 0 Å². The van der Waals surface area contributed by atoms with Gasteiger partial charge in [-0.3, -0.25) is 0 Å². The van der Waals surface area contributed by atoms with Gasteiger partial charge in [0.2, 0.25) is 0 Å². The Labute approximate surface area is 296 Å². The Kier molecular flexibility index (Phi) is 5.91. The van der Waals surface area contributed by atoms with E-state index in [1.165, 1.54) is 66.1 Å². The van der Waals surface area contributed by atoms with E-state index in [-0.39, 0.29) is 5.41 Å². The first kappa shape index (κ1) is 28.2. The van der Waals surface area contributed by atoms with Gasteiger partial charge in [0.25, 0.3) is 0 Å². The molecule has 2 nitrogen and oxygen atoms in total. The molecule has 0 unspecified atom stereocenters. The van der Waals surface area contributed by atoms with E-state index < -0.39 is 0 Å². The van der Waals surface area contributed by atoms with Crippen LogP contribution in [0, 0.1) is 0 Å². The van der Waals surface area contributed by atoms with Gasteiger partial charge >= 0.3 is 0 Å². The van der Waals surface area contributed by atoms with Crippen LogP contribution in [-0.4, -0.2) is 9.97 Å². The quantitative estimate of drug-likeness (QED) is 0.178. The highest BCUT2D eigenvalue weighted by Crippen LogP contribution is 2.63. The third kappa shape index (κ3) is 3.93. The van der Waals surface area contributed by atoms with Crippen molar-refractivity contribution in [1.82, 2.24) is 9.97 Å². The maximum atomic E-state index is 5.08. The molecule has 2 aliphatic rings. The van der Waals surface area contributed by atoms with Gasteiger partial charge in [0.05, 0.1) is 16.8 Å². The fraction of sp³-hybridized carbons (Fsp3) is 0.0204. The maximum Gasteiger partial charge on any atom is 0.160 e. The van der Waals surface area contributed by atoms with Crippen LogP contribution in [0.4, 0.5) is 0 Å². The van der Waals surface area contributed by atoms with E-state index in [2.05, 4.69) is 158 Å². The molecular formula is C49H30N2. The molecule has 0 atom stereocenters. The first-order valence-corrected chi connectivity index (χ1v) is 17.6. The van der Waals surface area contributed by atoms with Crippen LogP contribution in [0.1, 0.15) is 22.3 Å². The standard InChI is InChI=1S/C49H30N2/c1-3-12-32(13-4-1)43-30-44(51-48(50-43)36-14-5-2-6-15-36)33-26-24-31(25-27-33)37-19-11-23-42-47(37)38-18-7-8-20-39(38)49(42)40-21-9-16-34-28-29-35-17-10-22-41(49)46(35)45(34)40/h1-30H. The number of hydrogen-bond donors (Lipinski definition) is 0.